The molecule has 0 atom stereocenters. The number of hydrogen-bond acceptors (Lipinski definition) is 7. The minimum absolute atomic E-state index is 0.296. The van der Waals surface area contributed by atoms with Crippen LogP contribution in [-0.4, -0.2) is 30.9 Å². The van der Waals surface area contributed by atoms with Gasteiger partial charge in [-0.05, 0) is 37.1 Å². The number of aromatic nitrogens is 4. The highest BCUT2D eigenvalue weighted by Gasteiger charge is 2.08. The molecule has 0 spiro atoms. The van der Waals surface area contributed by atoms with E-state index in [4.69, 9.17) is 16.8 Å². The van der Waals surface area contributed by atoms with Crippen LogP contribution in [0, 0.1) is 5.82 Å². The SMILES string of the molecule is O=C(CCCCCn1cc(Nc2ncc(Cl)c(Nc3ccc(F)cc3)n2)cn1)NO. The molecule has 0 saturated carbocycles. The Balaban J connectivity index is 1.54. The van der Waals surface area contributed by atoms with E-state index in [0.717, 1.165) is 12.8 Å². The van der Waals surface area contributed by atoms with Gasteiger partial charge >= 0.3 is 0 Å². The maximum Gasteiger partial charge on any atom is 0.243 e. The molecular weight excluding hydrogens is 413 g/mol. The maximum atomic E-state index is 13.1. The van der Waals surface area contributed by atoms with Crippen LogP contribution < -0.4 is 16.1 Å². The quantitative estimate of drug-likeness (QED) is 0.217. The van der Waals surface area contributed by atoms with E-state index >= 15 is 0 Å². The summed E-state index contributed by atoms with van der Waals surface area (Å²) < 4.78 is 14.8. The molecule has 0 bridgehead atoms. The molecule has 4 N–H and O–H groups in total. The lowest BCUT2D eigenvalue weighted by Crippen LogP contribution is -2.17. The third-order valence-electron chi connectivity index (χ3n) is 4.16. The monoisotopic (exact) mass is 433 g/mol. The lowest BCUT2D eigenvalue weighted by molar-refractivity contribution is -0.129. The van der Waals surface area contributed by atoms with Crippen LogP contribution in [0.3, 0.4) is 0 Å². The van der Waals surface area contributed by atoms with Crippen LogP contribution in [0.5, 0.6) is 0 Å². The van der Waals surface area contributed by atoms with Gasteiger partial charge in [-0.1, -0.05) is 18.0 Å². The molecule has 0 saturated heterocycles. The van der Waals surface area contributed by atoms with Gasteiger partial charge in [0, 0.05) is 24.8 Å². The molecule has 1 aromatic carbocycles. The zero-order valence-corrected chi connectivity index (χ0v) is 16.7. The summed E-state index contributed by atoms with van der Waals surface area (Å²) in [7, 11) is 0. The third-order valence-corrected chi connectivity index (χ3v) is 4.43. The number of hydroxylamine groups is 1. The Morgan fingerprint density at radius 1 is 1.10 bits per heavy atom. The Labute approximate surface area is 177 Å². The predicted octanol–water partition coefficient (Wildman–Crippen LogP) is 4.02. The van der Waals surface area contributed by atoms with Gasteiger partial charge in [0.25, 0.3) is 0 Å². The van der Waals surface area contributed by atoms with Crippen LogP contribution in [0.15, 0.2) is 42.9 Å². The van der Waals surface area contributed by atoms with E-state index < -0.39 is 0 Å². The second-order valence-electron chi connectivity index (χ2n) is 6.48. The molecule has 2 aromatic heterocycles. The normalized spacial score (nSPS) is 10.6. The summed E-state index contributed by atoms with van der Waals surface area (Å²) in [5, 5.41) is 19.2. The lowest BCUT2D eigenvalue weighted by Gasteiger charge is -2.09. The van der Waals surface area contributed by atoms with Gasteiger partial charge in [0.05, 0.1) is 18.1 Å². The minimum atomic E-state index is -0.378. The number of rotatable bonds is 10. The summed E-state index contributed by atoms with van der Waals surface area (Å²) in [5.41, 5.74) is 2.98. The fraction of sp³-hybridized carbons (Fsp3) is 0.263. The van der Waals surface area contributed by atoms with Gasteiger partial charge in [-0.2, -0.15) is 10.1 Å². The van der Waals surface area contributed by atoms with Crippen molar-refractivity contribution in [2.75, 3.05) is 10.6 Å². The summed E-state index contributed by atoms with van der Waals surface area (Å²) in [6, 6.07) is 5.85. The number of unbranched alkanes of at least 4 members (excludes halogenated alkanes) is 2. The van der Waals surface area contributed by atoms with Gasteiger partial charge in [0.2, 0.25) is 11.9 Å². The van der Waals surface area contributed by atoms with E-state index in [-0.39, 0.29) is 11.7 Å². The van der Waals surface area contributed by atoms with Crippen molar-refractivity contribution in [1.29, 1.82) is 0 Å². The van der Waals surface area contributed by atoms with E-state index in [9.17, 15) is 9.18 Å². The molecule has 3 rings (SSSR count). The van der Waals surface area contributed by atoms with Gasteiger partial charge in [-0.15, -0.1) is 0 Å². The fourth-order valence-electron chi connectivity index (χ4n) is 2.66. The summed E-state index contributed by atoms with van der Waals surface area (Å²) in [4.78, 5) is 19.5. The second-order valence-corrected chi connectivity index (χ2v) is 6.89. The fourth-order valence-corrected chi connectivity index (χ4v) is 2.79. The number of carbonyl (C=O) groups excluding carboxylic acids is 1. The average molecular weight is 434 g/mol. The van der Waals surface area contributed by atoms with E-state index in [1.54, 1.807) is 28.5 Å². The number of amides is 1. The first kappa shape index (κ1) is 21.5. The highest BCUT2D eigenvalue weighted by Crippen LogP contribution is 2.25. The van der Waals surface area contributed by atoms with Crippen molar-refractivity contribution in [3.05, 3.63) is 53.7 Å². The molecule has 1 amide bonds. The number of hydrogen-bond donors (Lipinski definition) is 4. The van der Waals surface area contributed by atoms with Gasteiger partial charge in [-0.3, -0.25) is 14.7 Å². The highest BCUT2D eigenvalue weighted by atomic mass is 35.5. The van der Waals surface area contributed by atoms with Crippen molar-refractivity contribution >= 4 is 40.6 Å². The molecule has 0 aliphatic heterocycles. The summed E-state index contributed by atoms with van der Waals surface area (Å²) in [6.07, 6.45) is 7.63. The van der Waals surface area contributed by atoms with E-state index in [1.165, 1.54) is 18.3 Å². The number of aryl methyl sites for hydroxylation is 1. The first-order valence-corrected chi connectivity index (χ1v) is 9.69. The second kappa shape index (κ2) is 10.5. The molecule has 0 aliphatic carbocycles. The molecular formula is C19H21ClFN7O2. The predicted molar refractivity (Wildman–Crippen MR) is 111 cm³/mol. The average Bonchev–Trinajstić information content (AvgIpc) is 3.18. The molecule has 2 heterocycles. The van der Waals surface area contributed by atoms with Crippen molar-refractivity contribution in [3.8, 4) is 0 Å². The summed E-state index contributed by atoms with van der Waals surface area (Å²) >= 11 is 6.15. The lowest BCUT2D eigenvalue weighted by atomic mass is 10.2. The van der Waals surface area contributed by atoms with Gasteiger partial charge in [0.15, 0.2) is 5.82 Å². The van der Waals surface area contributed by atoms with Gasteiger partial charge in [-0.25, -0.2) is 14.9 Å². The molecule has 3 aromatic rings. The first-order valence-electron chi connectivity index (χ1n) is 9.31. The van der Waals surface area contributed by atoms with Crippen molar-refractivity contribution in [3.63, 3.8) is 0 Å². The van der Waals surface area contributed by atoms with Crippen molar-refractivity contribution < 1.29 is 14.4 Å². The third kappa shape index (κ3) is 6.39. The number of nitrogens with zero attached hydrogens (tertiary/aromatic N) is 4. The molecule has 30 heavy (non-hydrogen) atoms. The number of carbonyl (C=O) groups is 1. The Kier molecular flexibility index (Phi) is 7.52. The molecule has 0 unspecified atom stereocenters. The van der Waals surface area contributed by atoms with Crippen LogP contribution in [0.2, 0.25) is 5.02 Å². The molecule has 158 valence electrons. The van der Waals surface area contributed by atoms with Crippen LogP contribution in [0.4, 0.5) is 27.5 Å². The smallest absolute Gasteiger partial charge is 0.243 e. The van der Waals surface area contributed by atoms with Crippen LogP contribution in [0.25, 0.3) is 0 Å². The minimum Gasteiger partial charge on any atom is -0.339 e. The summed E-state index contributed by atoms with van der Waals surface area (Å²) in [6.45, 7) is 0.696. The largest absolute Gasteiger partial charge is 0.339 e. The van der Waals surface area contributed by atoms with Crippen molar-refractivity contribution in [1.82, 2.24) is 25.2 Å². The Bertz CT molecular complexity index is 981. The van der Waals surface area contributed by atoms with Crippen molar-refractivity contribution in [2.45, 2.75) is 32.2 Å². The van der Waals surface area contributed by atoms with Crippen LogP contribution >= 0.6 is 11.6 Å². The topological polar surface area (TPSA) is 117 Å². The van der Waals surface area contributed by atoms with Crippen LogP contribution in [0.1, 0.15) is 25.7 Å². The first-order chi connectivity index (χ1) is 14.5. The van der Waals surface area contributed by atoms with Gasteiger partial charge in [0.1, 0.15) is 10.8 Å². The zero-order valence-electron chi connectivity index (χ0n) is 16.0. The highest BCUT2D eigenvalue weighted by molar-refractivity contribution is 6.32. The number of halogens is 2. The number of benzene rings is 1. The maximum absolute atomic E-state index is 13.1. The van der Waals surface area contributed by atoms with E-state index in [0.29, 0.717) is 47.6 Å². The number of anilines is 4. The molecule has 0 aliphatic rings. The Hall–Kier alpha value is -3.24. The van der Waals surface area contributed by atoms with Crippen LogP contribution in [-0.2, 0) is 11.3 Å². The number of nitrogens with one attached hydrogen (secondary N) is 3. The standard InChI is InChI=1S/C19H21ClFN7O2/c20-16-11-22-19(26-18(16)24-14-7-5-13(21)6-8-14)25-15-10-23-28(12-15)9-3-1-2-4-17(29)27-30/h5-8,10-12,30H,1-4,9H2,(H,27,29)(H2,22,24,25,26). The zero-order chi connectivity index (χ0) is 21.3. The van der Waals surface area contributed by atoms with E-state index in [1.807, 2.05) is 6.20 Å². The van der Waals surface area contributed by atoms with Gasteiger partial charge < -0.3 is 10.6 Å². The Morgan fingerprint density at radius 2 is 1.90 bits per heavy atom. The molecule has 0 radical (unpaired) electrons. The summed E-state index contributed by atoms with van der Waals surface area (Å²) in [5.74, 6) is 0.0137. The molecule has 0 fully saturated rings. The Morgan fingerprint density at radius 3 is 2.67 bits per heavy atom. The van der Waals surface area contributed by atoms with Crippen molar-refractivity contribution in [2.24, 2.45) is 0 Å². The van der Waals surface area contributed by atoms with E-state index in [2.05, 4.69) is 25.7 Å². The molecule has 9 nitrogen and oxygen atoms in total. The molecule has 11 heteroatoms.